The molecule has 0 fully saturated rings. The van der Waals surface area contributed by atoms with Crippen LogP contribution in [0.1, 0.15) is 0 Å². The molecule has 0 spiro atoms. The average Bonchev–Trinajstić information content (AvgIpc) is 3.32. The van der Waals surface area contributed by atoms with Gasteiger partial charge in [-0.05, 0) is 36.4 Å². The largest absolute Gasteiger partial charge is 0.999 e. The van der Waals surface area contributed by atoms with Gasteiger partial charge in [-0.15, -0.1) is 0 Å². The van der Waals surface area contributed by atoms with Crippen molar-refractivity contribution in [3.8, 4) is 0 Å². The third kappa shape index (κ3) is 8.53. The van der Waals surface area contributed by atoms with E-state index in [1.165, 1.54) is 24.2 Å². The molecule has 4 aromatic rings. The Balaban J connectivity index is 0.000000274. The van der Waals surface area contributed by atoms with Gasteiger partial charge in [0.1, 0.15) is 15.9 Å². The van der Waals surface area contributed by atoms with Crippen molar-refractivity contribution < 1.29 is 8.26 Å². The third-order valence-corrected chi connectivity index (χ3v) is 6.27. The Hall–Kier alpha value is -0.594. The van der Waals surface area contributed by atoms with Crippen molar-refractivity contribution in [1.29, 1.82) is 0 Å². The van der Waals surface area contributed by atoms with Gasteiger partial charge in [0, 0.05) is 0 Å². The summed E-state index contributed by atoms with van der Waals surface area (Å²) in [6.07, 6.45) is 0. The summed E-state index contributed by atoms with van der Waals surface area (Å²) in [6.45, 7) is 0. The Morgan fingerprint density at radius 3 is 1.11 bits per heavy atom. The molecule has 0 heterocycles. The molecule has 141 valence electrons. The van der Waals surface area contributed by atoms with E-state index in [1.54, 1.807) is 6.07 Å². The molecule has 0 amide bonds. The molecule has 0 atom stereocenters. The van der Waals surface area contributed by atoms with Gasteiger partial charge < -0.3 is 30.3 Å². The van der Waals surface area contributed by atoms with Crippen molar-refractivity contribution >= 4 is 64.7 Å². The van der Waals surface area contributed by atoms with Crippen molar-refractivity contribution in [2.24, 2.45) is 0 Å². The van der Waals surface area contributed by atoms with Crippen LogP contribution in [0.2, 0.25) is 0 Å². The smallest absolute Gasteiger partial charge is 0.102 e. The zero-order valence-electron chi connectivity index (χ0n) is 14.3. The summed E-state index contributed by atoms with van der Waals surface area (Å²) in [6, 6.07) is 44.5. The van der Waals surface area contributed by atoms with Gasteiger partial charge in [0.05, 0.1) is 7.92 Å². The van der Waals surface area contributed by atoms with E-state index in [0.717, 1.165) is 0 Å². The van der Waals surface area contributed by atoms with Crippen molar-refractivity contribution in [2.45, 2.75) is 0 Å². The number of rotatable bonds is 3. The van der Waals surface area contributed by atoms with Gasteiger partial charge >= 0.3 is 49.1 Å². The molecular formula is C23H17CoI2P-4. The Labute approximate surface area is 192 Å². The van der Waals surface area contributed by atoms with Crippen LogP contribution in [-0.2, 0) is 8.26 Å². The molecule has 0 N–H and O–H groups in total. The van der Waals surface area contributed by atoms with E-state index in [4.69, 9.17) is 0 Å². The molecule has 27 heavy (non-hydrogen) atoms. The fourth-order valence-electron chi connectivity index (χ4n) is 2.49. The van der Waals surface area contributed by atoms with Crippen LogP contribution >= 0.6 is 48.8 Å². The van der Waals surface area contributed by atoms with Crippen LogP contribution in [0.4, 0.5) is 0 Å². The van der Waals surface area contributed by atoms with E-state index >= 15 is 0 Å². The minimum atomic E-state index is -0.877. The first kappa shape index (κ1) is 22.7. The van der Waals surface area contributed by atoms with E-state index in [1.807, 2.05) is 0 Å². The molecule has 0 bridgehead atoms. The average molecular weight is 637 g/mol. The van der Waals surface area contributed by atoms with Gasteiger partial charge in [0.15, 0.2) is 0 Å². The van der Waals surface area contributed by atoms with Crippen LogP contribution in [0.3, 0.4) is 0 Å². The number of hydrogen-bond donors (Lipinski definition) is 0. The molecule has 4 aromatic carbocycles. The van der Waals surface area contributed by atoms with Gasteiger partial charge in [-0.2, -0.15) is 0 Å². The van der Waals surface area contributed by atoms with Crippen LogP contribution in [-0.4, -0.2) is 0 Å². The second kappa shape index (κ2) is 14.4. The zero-order chi connectivity index (χ0) is 19.2. The van der Waals surface area contributed by atoms with Crippen LogP contribution in [0, 0.1) is 24.3 Å². The monoisotopic (exact) mass is 637 g/mol. The van der Waals surface area contributed by atoms with Crippen molar-refractivity contribution in [3.05, 3.63) is 121 Å². The SMILES string of the molecule is [I][Co][I].[c-]1[c-][c-][cH-][c-]1.c1ccc([PH+](c2ccccc2)c2ccccc2)cc1. The molecule has 0 radical (unpaired) electrons. The van der Waals surface area contributed by atoms with Gasteiger partial charge in [-0.1, -0.05) is 54.6 Å². The van der Waals surface area contributed by atoms with E-state index in [2.05, 4.69) is 156 Å². The van der Waals surface area contributed by atoms with E-state index in [-0.39, 0.29) is 0 Å². The molecular weight excluding hydrogens is 620 g/mol. The number of hydrogen-bond acceptors (Lipinski definition) is 0. The summed E-state index contributed by atoms with van der Waals surface area (Å²) in [5.41, 5.74) is 0. The first-order valence-electron chi connectivity index (χ1n) is 8.06. The molecule has 0 unspecified atom stereocenters. The van der Waals surface area contributed by atoms with Gasteiger partial charge in [-0.25, -0.2) is 0 Å². The standard InChI is InChI=1S/C18H15P.C5H.Co.2HI/c1-4-10-16(11-5-1)19(17-12-6-2-7-13-17)18-14-8-3-9-15-18;1-2-4-5-3-1;;;/h1-15H;1H;;2*1H/q;-5;+2;;/p-1. The summed E-state index contributed by atoms with van der Waals surface area (Å²) in [7, 11) is 0.500. The normalized spacial score (nSPS) is 9.74. The number of halogens is 2. The Morgan fingerprint density at radius 2 is 0.889 bits per heavy atom. The third-order valence-electron chi connectivity index (χ3n) is 3.54. The van der Waals surface area contributed by atoms with E-state index in [9.17, 15) is 0 Å². The maximum atomic E-state index is 2.62. The fraction of sp³-hybridized carbons (Fsp3) is 0. The second-order valence-electron chi connectivity index (χ2n) is 5.20. The summed E-state index contributed by atoms with van der Waals surface area (Å²) >= 11 is 4.49. The molecule has 4 rings (SSSR count). The predicted octanol–water partition coefficient (Wildman–Crippen LogP) is 5.55. The van der Waals surface area contributed by atoms with Crippen molar-refractivity contribution in [1.82, 2.24) is 0 Å². The molecule has 4 heteroatoms. The topological polar surface area (TPSA) is 0 Å². The van der Waals surface area contributed by atoms with Crippen LogP contribution in [0.25, 0.3) is 0 Å². The molecule has 0 aliphatic carbocycles. The second-order valence-corrected chi connectivity index (χ2v) is 16.5. The summed E-state index contributed by atoms with van der Waals surface area (Å²) in [4.78, 5) is 0. The molecule has 0 aliphatic rings. The van der Waals surface area contributed by atoms with Crippen LogP contribution < -0.4 is 15.9 Å². The predicted molar refractivity (Wildman–Crippen MR) is 132 cm³/mol. The fourth-order valence-corrected chi connectivity index (χ4v) is 5.07. The Kier molecular flexibility index (Phi) is 12.1. The molecule has 0 aromatic heterocycles. The van der Waals surface area contributed by atoms with E-state index < -0.39 is 7.92 Å². The van der Waals surface area contributed by atoms with Crippen molar-refractivity contribution in [3.63, 3.8) is 0 Å². The minimum absolute atomic E-state index is 0.877. The quantitative estimate of drug-likeness (QED) is 0.157. The Morgan fingerprint density at radius 1 is 0.593 bits per heavy atom. The van der Waals surface area contributed by atoms with Crippen LogP contribution in [0.15, 0.2) is 97.1 Å². The molecule has 0 nitrogen and oxygen atoms in total. The van der Waals surface area contributed by atoms with E-state index in [0.29, 0.717) is 0 Å². The van der Waals surface area contributed by atoms with Gasteiger partial charge in [0.2, 0.25) is 0 Å². The summed E-state index contributed by atoms with van der Waals surface area (Å²) < 4.78 is 0. The summed E-state index contributed by atoms with van der Waals surface area (Å²) in [5.74, 6) is 0. The van der Waals surface area contributed by atoms with Crippen LogP contribution in [0.5, 0.6) is 0 Å². The summed E-state index contributed by atoms with van der Waals surface area (Å²) in [5, 5.41) is 4.31. The first-order chi connectivity index (χ1) is 13.4. The molecule has 0 saturated heterocycles. The zero-order valence-corrected chi connectivity index (χ0v) is 20.7. The Bertz CT molecular complexity index is 711. The van der Waals surface area contributed by atoms with Gasteiger partial charge in [0.25, 0.3) is 0 Å². The number of benzene rings is 3. The molecule has 0 aliphatic heterocycles. The molecule has 0 saturated carbocycles. The maximum absolute atomic E-state index is 2.62. The first-order valence-corrected chi connectivity index (χ1v) is 16.3. The maximum Gasteiger partial charge on any atom is 0.102 e. The van der Waals surface area contributed by atoms with Gasteiger partial charge in [-0.3, -0.25) is 0 Å². The minimum Gasteiger partial charge on any atom is -0.999 e. The van der Waals surface area contributed by atoms with Crippen molar-refractivity contribution in [2.75, 3.05) is 0 Å².